The summed E-state index contributed by atoms with van der Waals surface area (Å²) in [6.07, 6.45) is -4.29. The third-order valence-corrected chi connectivity index (χ3v) is 3.24. The van der Waals surface area contributed by atoms with Gasteiger partial charge in [0.15, 0.2) is 0 Å². The molecule has 21 heavy (non-hydrogen) atoms. The molecule has 0 aliphatic carbocycles. The Labute approximate surface area is 122 Å². The van der Waals surface area contributed by atoms with Crippen molar-refractivity contribution in [1.82, 2.24) is 5.32 Å². The molecule has 0 heterocycles. The molecule has 0 radical (unpaired) electrons. The Kier molecular flexibility index (Phi) is 4.68. The maximum atomic E-state index is 12.6. The number of nitrogens with one attached hydrogen (secondary N) is 1. The fraction of sp³-hybridized carbons (Fsp3) is 0.294. The molecule has 0 saturated heterocycles. The molecule has 0 aromatic heterocycles. The van der Waals surface area contributed by atoms with Gasteiger partial charge in [-0.3, -0.25) is 0 Å². The van der Waals surface area contributed by atoms with E-state index in [9.17, 15) is 13.2 Å². The molecule has 0 aliphatic heterocycles. The number of halogens is 3. The predicted molar refractivity (Wildman–Crippen MR) is 78.9 cm³/mol. The highest BCUT2D eigenvalue weighted by atomic mass is 19.4. The van der Waals surface area contributed by atoms with Crippen LogP contribution >= 0.6 is 0 Å². The van der Waals surface area contributed by atoms with Crippen LogP contribution in [0.4, 0.5) is 13.2 Å². The van der Waals surface area contributed by atoms with Crippen LogP contribution < -0.4 is 5.32 Å². The van der Waals surface area contributed by atoms with Crippen LogP contribution in [-0.2, 0) is 12.7 Å². The van der Waals surface area contributed by atoms with E-state index in [4.69, 9.17) is 0 Å². The highest BCUT2D eigenvalue weighted by Crippen LogP contribution is 2.31. The molecule has 0 atom stereocenters. The number of benzene rings is 2. The molecule has 0 fully saturated rings. The average Bonchev–Trinajstić information content (AvgIpc) is 2.44. The molecule has 0 spiro atoms. The van der Waals surface area contributed by atoms with Crippen LogP contribution in [0, 0.1) is 0 Å². The van der Waals surface area contributed by atoms with Gasteiger partial charge in [0.25, 0.3) is 0 Å². The van der Waals surface area contributed by atoms with E-state index >= 15 is 0 Å². The van der Waals surface area contributed by atoms with Gasteiger partial charge >= 0.3 is 6.18 Å². The molecule has 2 rings (SSSR count). The van der Waals surface area contributed by atoms with E-state index in [0.29, 0.717) is 12.6 Å². The van der Waals surface area contributed by atoms with E-state index in [1.54, 1.807) is 0 Å². The fourth-order valence-corrected chi connectivity index (χ4v) is 2.11. The van der Waals surface area contributed by atoms with Gasteiger partial charge < -0.3 is 5.32 Å². The molecule has 1 N–H and O–H groups in total. The maximum Gasteiger partial charge on any atom is 0.416 e. The third-order valence-electron chi connectivity index (χ3n) is 3.24. The minimum atomic E-state index is -4.29. The second-order valence-electron chi connectivity index (χ2n) is 5.27. The van der Waals surface area contributed by atoms with Crippen molar-refractivity contribution < 1.29 is 13.2 Å². The van der Waals surface area contributed by atoms with Crippen LogP contribution in [0.5, 0.6) is 0 Å². The minimum absolute atomic E-state index is 0.352. The van der Waals surface area contributed by atoms with Crippen LogP contribution in [0.2, 0.25) is 0 Å². The van der Waals surface area contributed by atoms with E-state index in [0.717, 1.165) is 28.8 Å². The minimum Gasteiger partial charge on any atom is -0.310 e. The molecule has 0 unspecified atom stereocenters. The van der Waals surface area contributed by atoms with Crippen molar-refractivity contribution in [3.63, 3.8) is 0 Å². The van der Waals surface area contributed by atoms with E-state index in [-0.39, 0.29) is 0 Å². The third kappa shape index (κ3) is 4.08. The Morgan fingerprint density at radius 2 is 1.57 bits per heavy atom. The molecule has 0 bridgehead atoms. The van der Waals surface area contributed by atoms with Crippen molar-refractivity contribution in [2.45, 2.75) is 32.6 Å². The molecule has 4 heteroatoms. The molecule has 2 aromatic carbocycles. The largest absolute Gasteiger partial charge is 0.416 e. The quantitative estimate of drug-likeness (QED) is 0.848. The van der Waals surface area contributed by atoms with Crippen molar-refractivity contribution in [2.75, 3.05) is 0 Å². The highest BCUT2D eigenvalue weighted by molar-refractivity contribution is 5.67. The lowest BCUT2D eigenvalue weighted by Crippen LogP contribution is -2.22. The number of alkyl halides is 3. The van der Waals surface area contributed by atoms with Crippen molar-refractivity contribution in [3.8, 4) is 11.1 Å². The van der Waals surface area contributed by atoms with E-state index < -0.39 is 11.7 Å². The van der Waals surface area contributed by atoms with Crippen LogP contribution in [-0.4, -0.2) is 6.04 Å². The van der Waals surface area contributed by atoms with Gasteiger partial charge in [0.2, 0.25) is 0 Å². The first-order chi connectivity index (χ1) is 9.88. The van der Waals surface area contributed by atoms with Gasteiger partial charge in [0.05, 0.1) is 5.56 Å². The summed E-state index contributed by atoms with van der Waals surface area (Å²) in [5.41, 5.74) is 2.21. The lowest BCUT2D eigenvalue weighted by atomic mass is 9.98. The van der Waals surface area contributed by atoms with Gasteiger partial charge in [0, 0.05) is 12.6 Å². The molecule has 0 aliphatic rings. The molecule has 0 saturated carbocycles. The summed E-state index contributed by atoms with van der Waals surface area (Å²) in [6, 6.07) is 13.4. The van der Waals surface area contributed by atoms with Crippen molar-refractivity contribution >= 4 is 0 Å². The second kappa shape index (κ2) is 6.31. The van der Waals surface area contributed by atoms with Crippen LogP contribution in [0.15, 0.2) is 48.5 Å². The van der Waals surface area contributed by atoms with Crippen LogP contribution in [0.3, 0.4) is 0 Å². The summed E-state index contributed by atoms with van der Waals surface area (Å²) >= 11 is 0. The zero-order chi connectivity index (χ0) is 15.5. The van der Waals surface area contributed by atoms with Crippen molar-refractivity contribution in [1.29, 1.82) is 0 Å². The first kappa shape index (κ1) is 15.6. The fourth-order valence-electron chi connectivity index (χ4n) is 2.11. The van der Waals surface area contributed by atoms with Gasteiger partial charge in [-0.05, 0) is 28.8 Å². The Balaban J connectivity index is 2.29. The Bertz CT molecular complexity index is 586. The summed E-state index contributed by atoms with van der Waals surface area (Å²) in [7, 11) is 0. The molecule has 1 nitrogen and oxygen atoms in total. The van der Waals surface area contributed by atoms with E-state index in [1.165, 1.54) is 12.1 Å². The lowest BCUT2D eigenvalue weighted by molar-refractivity contribution is -0.137. The maximum absolute atomic E-state index is 12.6. The van der Waals surface area contributed by atoms with Crippen LogP contribution in [0.25, 0.3) is 11.1 Å². The van der Waals surface area contributed by atoms with Gasteiger partial charge in [0.1, 0.15) is 0 Å². The standard InChI is InChI=1S/C17H18F3N/c1-12(2)21-11-14-5-3-4-6-16(14)13-7-9-15(10-8-13)17(18,19)20/h3-10,12,21H,11H2,1-2H3. The normalized spacial score (nSPS) is 11.9. The van der Waals surface area contributed by atoms with Gasteiger partial charge in [-0.2, -0.15) is 13.2 Å². The molecular weight excluding hydrogens is 275 g/mol. The first-order valence-electron chi connectivity index (χ1n) is 6.87. The van der Waals surface area contributed by atoms with Gasteiger partial charge in [-0.25, -0.2) is 0 Å². The van der Waals surface area contributed by atoms with Crippen molar-refractivity contribution in [3.05, 3.63) is 59.7 Å². The SMILES string of the molecule is CC(C)NCc1ccccc1-c1ccc(C(F)(F)F)cc1. The van der Waals surface area contributed by atoms with Gasteiger partial charge in [-0.15, -0.1) is 0 Å². The van der Waals surface area contributed by atoms with E-state index in [2.05, 4.69) is 19.2 Å². The Morgan fingerprint density at radius 3 is 2.14 bits per heavy atom. The molecule has 112 valence electrons. The monoisotopic (exact) mass is 293 g/mol. The number of rotatable bonds is 4. The van der Waals surface area contributed by atoms with Gasteiger partial charge in [-0.1, -0.05) is 50.2 Å². The smallest absolute Gasteiger partial charge is 0.310 e. The van der Waals surface area contributed by atoms with E-state index in [1.807, 2.05) is 24.3 Å². The molecule has 2 aromatic rings. The Morgan fingerprint density at radius 1 is 0.952 bits per heavy atom. The highest BCUT2D eigenvalue weighted by Gasteiger charge is 2.30. The average molecular weight is 293 g/mol. The predicted octanol–water partition coefficient (Wildman–Crippen LogP) is 4.87. The second-order valence-corrected chi connectivity index (χ2v) is 5.27. The zero-order valence-electron chi connectivity index (χ0n) is 12.0. The van der Waals surface area contributed by atoms with Crippen molar-refractivity contribution in [2.24, 2.45) is 0 Å². The summed E-state index contributed by atoms with van der Waals surface area (Å²) in [5.74, 6) is 0. The summed E-state index contributed by atoms with van der Waals surface area (Å²) in [4.78, 5) is 0. The molecule has 0 amide bonds. The lowest BCUT2D eigenvalue weighted by Gasteiger charge is -2.13. The summed E-state index contributed by atoms with van der Waals surface area (Å²) in [5, 5.41) is 3.33. The summed E-state index contributed by atoms with van der Waals surface area (Å²) in [6.45, 7) is 4.80. The summed E-state index contributed by atoms with van der Waals surface area (Å²) < 4.78 is 37.8. The first-order valence-corrected chi connectivity index (χ1v) is 6.87. The number of hydrogen-bond acceptors (Lipinski definition) is 1. The zero-order valence-corrected chi connectivity index (χ0v) is 12.0. The molecular formula is C17H18F3N. The van der Waals surface area contributed by atoms with Crippen LogP contribution in [0.1, 0.15) is 25.0 Å². The Hall–Kier alpha value is -1.81. The number of hydrogen-bond donors (Lipinski definition) is 1. The topological polar surface area (TPSA) is 12.0 Å².